The molecule has 0 amide bonds. The van der Waals surface area contributed by atoms with Gasteiger partial charge in [-0.2, -0.15) is 0 Å². The van der Waals surface area contributed by atoms with Crippen LogP contribution in [0.5, 0.6) is 0 Å². The highest BCUT2D eigenvalue weighted by Gasteiger charge is 2.71. The Morgan fingerprint density at radius 1 is 1.26 bits per heavy atom. The van der Waals surface area contributed by atoms with Crippen molar-refractivity contribution in [2.24, 2.45) is 28.1 Å². The molecule has 3 aliphatic carbocycles. The summed E-state index contributed by atoms with van der Waals surface area (Å²) in [5.74, 6) is 0.528. The molecule has 1 unspecified atom stereocenters. The second kappa shape index (κ2) is 4.41. The monoisotopic (exact) mass is 318 g/mol. The molecule has 1 aliphatic heterocycles. The molecular formula is C20H30O3. The molecule has 7 atom stereocenters. The zero-order valence-corrected chi connectivity index (χ0v) is 14.7. The van der Waals surface area contributed by atoms with E-state index in [9.17, 15) is 9.90 Å². The topological polar surface area (TPSA) is 46.5 Å². The van der Waals surface area contributed by atoms with Crippen molar-refractivity contribution < 1.29 is 14.6 Å². The number of hydrogen-bond acceptors (Lipinski definition) is 3. The van der Waals surface area contributed by atoms with Gasteiger partial charge in [-0.15, -0.1) is 6.58 Å². The third kappa shape index (κ3) is 1.83. The van der Waals surface area contributed by atoms with Crippen molar-refractivity contribution in [2.75, 3.05) is 0 Å². The van der Waals surface area contributed by atoms with E-state index in [-0.39, 0.29) is 40.2 Å². The lowest BCUT2D eigenvalue weighted by molar-refractivity contribution is -0.214. The van der Waals surface area contributed by atoms with Gasteiger partial charge in [-0.1, -0.05) is 26.3 Å². The molecule has 1 N–H and O–H groups in total. The van der Waals surface area contributed by atoms with E-state index in [0.29, 0.717) is 6.42 Å². The number of esters is 1. The van der Waals surface area contributed by atoms with Crippen LogP contribution in [0.4, 0.5) is 0 Å². The average molecular weight is 318 g/mol. The van der Waals surface area contributed by atoms with Crippen LogP contribution in [0.3, 0.4) is 0 Å². The molecule has 4 fully saturated rings. The highest BCUT2D eigenvalue weighted by atomic mass is 16.6. The zero-order valence-electron chi connectivity index (χ0n) is 14.7. The summed E-state index contributed by atoms with van der Waals surface area (Å²) in [7, 11) is 0. The van der Waals surface area contributed by atoms with Crippen molar-refractivity contribution in [3.8, 4) is 0 Å². The zero-order chi connectivity index (χ0) is 16.7. The number of rotatable bonds is 1. The lowest BCUT2D eigenvalue weighted by Gasteiger charge is -2.63. The molecule has 0 spiro atoms. The maximum absolute atomic E-state index is 12.6. The van der Waals surface area contributed by atoms with Crippen LogP contribution in [-0.2, 0) is 9.53 Å². The summed E-state index contributed by atoms with van der Waals surface area (Å²) in [6, 6.07) is 0. The van der Waals surface area contributed by atoms with Crippen molar-refractivity contribution in [2.45, 2.75) is 77.4 Å². The first-order valence-corrected chi connectivity index (χ1v) is 9.24. The van der Waals surface area contributed by atoms with E-state index in [4.69, 9.17) is 4.74 Å². The largest absolute Gasteiger partial charge is 0.461 e. The highest BCUT2D eigenvalue weighted by Crippen LogP contribution is 2.69. The first-order chi connectivity index (χ1) is 10.7. The fourth-order valence-electron chi connectivity index (χ4n) is 7.16. The van der Waals surface area contributed by atoms with E-state index in [2.05, 4.69) is 27.4 Å². The van der Waals surface area contributed by atoms with Gasteiger partial charge in [-0.3, -0.25) is 4.79 Å². The summed E-state index contributed by atoms with van der Waals surface area (Å²) in [5.41, 5.74) is -1.05. The Hall–Kier alpha value is -0.830. The quantitative estimate of drug-likeness (QED) is 0.590. The molecule has 3 nitrogen and oxygen atoms in total. The van der Waals surface area contributed by atoms with Crippen molar-refractivity contribution >= 4 is 5.97 Å². The summed E-state index contributed by atoms with van der Waals surface area (Å²) in [4.78, 5) is 12.6. The number of aliphatic hydroxyl groups is 1. The fraction of sp³-hybridized carbons (Fsp3) is 0.850. The third-order valence-corrected chi connectivity index (χ3v) is 8.11. The summed E-state index contributed by atoms with van der Waals surface area (Å²) in [6.45, 7) is 10.6. The molecule has 0 aromatic rings. The molecule has 0 radical (unpaired) electrons. The van der Waals surface area contributed by atoms with Crippen LogP contribution in [0.1, 0.15) is 65.7 Å². The van der Waals surface area contributed by atoms with Gasteiger partial charge >= 0.3 is 5.97 Å². The smallest absolute Gasteiger partial charge is 0.312 e. The number of carbonyl (C=O) groups excluding carboxylic acids is 1. The molecule has 3 heteroatoms. The Bertz CT molecular complexity index is 571. The summed E-state index contributed by atoms with van der Waals surface area (Å²) < 4.78 is 5.84. The fourth-order valence-corrected chi connectivity index (χ4v) is 7.16. The number of hydrogen-bond donors (Lipinski definition) is 1. The average Bonchev–Trinajstić information content (AvgIpc) is 2.70. The lowest BCUT2D eigenvalue weighted by atomic mass is 9.42. The van der Waals surface area contributed by atoms with Gasteiger partial charge in [0.1, 0.15) is 6.10 Å². The van der Waals surface area contributed by atoms with Crippen molar-refractivity contribution in [1.29, 1.82) is 0 Å². The molecule has 0 bridgehead atoms. The third-order valence-electron chi connectivity index (χ3n) is 8.11. The van der Waals surface area contributed by atoms with Gasteiger partial charge in [0, 0.05) is 12.3 Å². The van der Waals surface area contributed by atoms with Gasteiger partial charge in [0.2, 0.25) is 0 Å². The standard InChI is InChI=1S/C20H30O3/c1-5-17(2)10-7-14-18(3)8-6-9-19(4)15(18)13(23-16(19)21)11-20(14,22)12-17/h5,13-15,22H,1,6-12H2,2-4H3/t13-,14+,15?,17-,18+,19+,20-/m0/s1. The second-order valence-corrected chi connectivity index (χ2v) is 9.63. The van der Waals surface area contributed by atoms with E-state index in [0.717, 1.165) is 38.5 Å². The van der Waals surface area contributed by atoms with Crippen LogP contribution in [0.25, 0.3) is 0 Å². The molecule has 1 heterocycles. The van der Waals surface area contributed by atoms with Gasteiger partial charge in [-0.05, 0) is 55.8 Å². The molecule has 0 aromatic heterocycles. The molecule has 4 aliphatic rings. The van der Waals surface area contributed by atoms with E-state index in [1.807, 2.05) is 6.08 Å². The van der Waals surface area contributed by atoms with Crippen molar-refractivity contribution in [3.63, 3.8) is 0 Å². The lowest BCUT2D eigenvalue weighted by Crippen LogP contribution is -2.64. The number of allylic oxidation sites excluding steroid dienone is 1. The number of ether oxygens (including phenoxy) is 1. The Balaban J connectivity index is 1.78. The predicted octanol–water partition coefficient (Wildman–Crippen LogP) is 3.85. The van der Waals surface area contributed by atoms with Gasteiger partial charge in [0.25, 0.3) is 0 Å². The maximum Gasteiger partial charge on any atom is 0.312 e. The Labute approximate surface area is 139 Å². The number of carbonyl (C=O) groups is 1. The Morgan fingerprint density at radius 2 is 2.00 bits per heavy atom. The minimum Gasteiger partial charge on any atom is -0.461 e. The van der Waals surface area contributed by atoms with E-state index >= 15 is 0 Å². The normalized spacial score (nSPS) is 58.1. The van der Waals surface area contributed by atoms with Crippen LogP contribution in [0, 0.1) is 28.1 Å². The van der Waals surface area contributed by atoms with Crippen molar-refractivity contribution in [3.05, 3.63) is 12.7 Å². The van der Waals surface area contributed by atoms with Crippen molar-refractivity contribution in [1.82, 2.24) is 0 Å². The van der Waals surface area contributed by atoms with Crippen LogP contribution in [0.2, 0.25) is 0 Å². The van der Waals surface area contributed by atoms with Gasteiger partial charge in [0.15, 0.2) is 0 Å². The van der Waals surface area contributed by atoms with Crippen LogP contribution < -0.4 is 0 Å². The maximum atomic E-state index is 12.6. The van der Waals surface area contributed by atoms with Crippen LogP contribution in [0.15, 0.2) is 12.7 Å². The highest BCUT2D eigenvalue weighted by molar-refractivity contribution is 5.80. The molecule has 0 aromatic carbocycles. The molecule has 128 valence electrons. The van der Waals surface area contributed by atoms with Crippen LogP contribution >= 0.6 is 0 Å². The van der Waals surface area contributed by atoms with Crippen LogP contribution in [-0.4, -0.2) is 22.8 Å². The van der Waals surface area contributed by atoms with Gasteiger partial charge < -0.3 is 9.84 Å². The molecular weight excluding hydrogens is 288 g/mol. The number of fused-ring (bicyclic) bond motifs is 2. The Kier molecular flexibility index (Phi) is 3.01. The first kappa shape index (κ1) is 15.7. The molecule has 23 heavy (non-hydrogen) atoms. The Morgan fingerprint density at radius 3 is 2.70 bits per heavy atom. The minimum atomic E-state index is -0.722. The van der Waals surface area contributed by atoms with Gasteiger partial charge in [-0.25, -0.2) is 0 Å². The molecule has 1 saturated heterocycles. The van der Waals surface area contributed by atoms with Gasteiger partial charge in [0.05, 0.1) is 11.0 Å². The molecule has 3 saturated carbocycles. The first-order valence-electron chi connectivity index (χ1n) is 9.24. The SMILES string of the molecule is C=C[C@@]1(C)CC[C@H]2[C@](O)(C[C@@H]3OC(=O)[C@]4(C)CCC[C@@]2(C)C34)C1. The van der Waals surface area contributed by atoms with E-state index in [1.165, 1.54) is 0 Å². The molecule has 4 rings (SSSR count). The second-order valence-electron chi connectivity index (χ2n) is 9.63. The predicted molar refractivity (Wildman–Crippen MR) is 88.6 cm³/mol. The summed E-state index contributed by atoms with van der Waals surface area (Å²) in [5, 5.41) is 11.6. The van der Waals surface area contributed by atoms with E-state index in [1.54, 1.807) is 0 Å². The summed E-state index contributed by atoms with van der Waals surface area (Å²) in [6.07, 6.45) is 8.51. The summed E-state index contributed by atoms with van der Waals surface area (Å²) >= 11 is 0. The minimum absolute atomic E-state index is 0.00493. The van der Waals surface area contributed by atoms with E-state index < -0.39 is 5.60 Å².